The maximum atomic E-state index is 13.2. The molecule has 1 amide bonds. The lowest BCUT2D eigenvalue weighted by Crippen LogP contribution is -2.11. The molecule has 0 aliphatic heterocycles. The molecular weight excluding hydrogens is 267 g/mol. The average molecular weight is 273 g/mol. The number of nitrogens with zero attached hydrogens (tertiary/aromatic N) is 1. The van der Waals surface area contributed by atoms with Gasteiger partial charge in [-0.3, -0.25) is 4.79 Å². The average Bonchev–Trinajstić information content (AvgIpc) is 2.14. The van der Waals surface area contributed by atoms with Gasteiger partial charge in [0.1, 0.15) is 18.0 Å². The number of phenolic OH excluding ortho intramolecular Hbond substituents is 1. The van der Waals surface area contributed by atoms with E-state index in [1.807, 2.05) is 0 Å². The molecule has 0 aliphatic rings. The van der Waals surface area contributed by atoms with E-state index in [1.165, 1.54) is 0 Å². The molecule has 1 aromatic carbocycles. The number of halogens is 2. The summed E-state index contributed by atoms with van der Waals surface area (Å²) in [5.74, 6) is -1.51. The molecule has 78 valence electrons. The summed E-state index contributed by atoms with van der Waals surface area (Å²) < 4.78 is 13.4. The van der Waals surface area contributed by atoms with Crippen molar-refractivity contribution in [3.8, 4) is 11.8 Å². The molecule has 6 heteroatoms. The number of carbonyl (C=O) groups is 1. The standard InChI is InChI=1S/C9H6BrFN2O2/c10-5-3-6(11)7(4-8(5)14)13-9(15)1-2-12/h3-4,14H,1H2,(H,13,15). The molecule has 0 fully saturated rings. The minimum atomic E-state index is -0.689. The fourth-order valence-corrected chi connectivity index (χ4v) is 1.21. The largest absolute Gasteiger partial charge is 0.507 e. The molecule has 0 aliphatic carbocycles. The lowest BCUT2D eigenvalue weighted by Gasteiger charge is -2.06. The Hall–Kier alpha value is -1.61. The van der Waals surface area contributed by atoms with Crippen LogP contribution in [-0.2, 0) is 4.79 Å². The van der Waals surface area contributed by atoms with Crippen LogP contribution in [0.2, 0.25) is 0 Å². The molecule has 0 atom stereocenters. The molecule has 0 saturated heterocycles. The first kappa shape index (κ1) is 11.5. The van der Waals surface area contributed by atoms with E-state index in [2.05, 4.69) is 21.2 Å². The minimum absolute atomic E-state index is 0.157. The zero-order valence-corrected chi connectivity index (χ0v) is 9.01. The summed E-state index contributed by atoms with van der Waals surface area (Å²) in [6, 6.07) is 3.72. The SMILES string of the molecule is N#CCC(=O)Nc1cc(O)c(Br)cc1F. The number of nitriles is 1. The van der Waals surface area contributed by atoms with Crippen molar-refractivity contribution < 1.29 is 14.3 Å². The van der Waals surface area contributed by atoms with Crippen molar-refractivity contribution in [3.63, 3.8) is 0 Å². The summed E-state index contributed by atoms with van der Waals surface area (Å²) in [5, 5.41) is 19.6. The van der Waals surface area contributed by atoms with Gasteiger partial charge in [-0.1, -0.05) is 0 Å². The molecule has 0 heterocycles. The lowest BCUT2D eigenvalue weighted by atomic mass is 10.2. The van der Waals surface area contributed by atoms with Crippen LogP contribution in [0.4, 0.5) is 10.1 Å². The van der Waals surface area contributed by atoms with Crippen molar-refractivity contribution in [1.29, 1.82) is 5.26 Å². The van der Waals surface area contributed by atoms with E-state index in [9.17, 15) is 14.3 Å². The molecule has 15 heavy (non-hydrogen) atoms. The number of nitrogens with one attached hydrogen (secondary N) is 1. The fourth-order valence-electron chi connectivity index (χ4n) is 0.900. The van der Waals surface area contributed by atoms with E-state index in [4.69, 9.17) is 5.26 Å². The monoisotopic (exact) mass is 272 g/mol. The number of anilines is 1. The number of benzene rings is 1. The van der Waals surface area contributed by atoms with Crippen LogP contribution in [0.15, 0.2) is 16.6 Å². The van der Waals surface area contributed by atoms with E-state index in [0.29, 0.717) is 0 Å². The van der Waals surface area contributed by atoms with E-state index in [0.717, 1.165) is 12.1 Å². The van der Waals surface area contributed by atoms with Gasteiger partial charge in [0.05, 0.1) is 16.2 Å². The highest BCUT2D eigenvalue weighted by molar-refractivity contribution is 9.10. The van der Waals surface area contributed by atoms with Crippen molar-refractivity contribution in [3.05, 3.63) is 22.4 Å². The van der Waals surface area contributed by atoms with E-state index >= 15 is 0 Å². The molecule has 0 aromatic heterocycles. The second-order valence-electron chi connectivity index (χ2n) is 2.67. The summed E-state index contributed by atoms with van der Waals surface area (Å²) >= 11 is 2.92. The molecule has 0 saturated carbocycles. The Bertz CT molecular complexity index is 442. The summed E-state index contributed by atoms with van der Waals surface area (Å²) in [4.78, 5) is 11.0. The van der Waals surface area contributed by atoms with Gasteiger partial charge >= 0.3 is 0 Å². The lowest BCUT2D eigenvalue weighted by molar-refractivity contribution is -0.115. The Morgan fingerprint density at radius 3 is 2.93 bits per heavy atom. The van der Waals surface area contributed by atoms with Crippen LogP contribution in [0.1, 0.15) is 6.42 Å². The first-order valence-corrected chi connectivity index (χ1v) is 4.68. The Morgan fingerprint density at radius 1 is 1.67 bits per heavy atom. The zero-order valence-electron chi connectivity index (χ0n) is 7.42. The van der Waals surface area contributed by atoms with Crippen molar-refractivity contribution in [2.75, 3.05) is 5.32 Å². The van der Waals surface area contributed by atoms with Crippen molar-refractivity contribution in [2.24, 2.45) is 0 Å². The van der Waals surface area contributed by atoms with Crippen LogP contribution in [-0.4, -0.2) is 11.0 Å². The van der Waals surface area contributed by atoms with Crippen molar-refractivity contribution in [1.82, 2.24) is 0 Å². The Kier molecular flexibility index (Phi) is 3.63. The maximum Gasteiger partial charge on any atom is 0.238 e. The predicted octanol–water partition coefficient (Wildman–Crippen LogP) is 2.15. The molecular formula is C9H6BrFN2O2. The van der Waals surface area contributed by atoms with Gasteiger partial charge in [0.25, 0.3) is 0 Å². The normalized spacial score (nSPS) is 9.40. The number of aromatic hydroxyl groups is 1. The number of amides is 1. The molecule has 0 spiro atoms. The molecule has 4 nitrogen and oxygen atoms in total. The van der Waals surface area contributed by atoms with Crippen LogP contribution in [0.5, 0.6) is 5.75 Å². The first-order valence-electron chi connectivity index (χ1n) is 3.89. The highest BCUT2D eigenvalue weighted by Crippen LogP contribution is 2.29. The smallest absolute Gasteiger partial charge is 0.238 e. The number of hydrogen-bond donors (Lipinski definition) is 2. The highest BCUT2D eigenvalue weighted by Gasteiger charge is 2.10. The van der Waals surface area contributed by atoms with Gasteiger partial charge in [-0.15, -0.1) is 0 Å². The maximum absolute atomic E-state index is 13.2. The van der Waals surface area contributed by atoms with E-state index in [1.54, 1.807) is 6.07 Å². The van der Waals surface area contributed by atoms with Gasteiger partial charge in [-0.2, -0.15) is 5.26 Å². The molecule has 2 N–H and O–H groups in total. The Balaban J connectivity index is 2.92. The number of phenols is 1. The third-order valence-corrected chi connectivity index (χ3v) is 2.19. The number of rotatable bonds is 2. The van der Waals surface area contributed by atoms with Crippen molar-refractivity contribution >= 4 is 27.5 Å². The van der Waals surface area contributed by atoms with Gasteiger partial charge in [-0.25, -0.2) is 4.39 Å². The third kappa shape index (κ3) is 2.92. The zero-order chi connectivity index (χ0) is 11.4. The Morgan fingerprint density at radius 2 is 2.33 bits per heavy atom. The highest BCUT2D eigenvalue weighted by atomic mass is 79.9. The summed E-state index contributed by atoms with van der Waals surface area (Å²) in [6.07, 6.45) is -0.365. The molecule has 0 radical (unpaired) electrons. The predicted molar refractivity (Wildman–Crippen MR) is 54.6 cm³/mol. The van der Waals surface area contributed by atoms with Crippen LogP contribution >= 0.6 is 15.9 Å². The molecule has 1 rings (SSSR count). The van der Waals surface area contributed by atoms with Gasteiger partial charge in [0, 0.05) is 6.07 Å². The van der Waals surface area contributed by atoms with E-state index < -0.39 is 11.7 Å². The number of hydrogen-bond acceptors (Lipinski definition) is 3. The topological polar surface area (TPSA) is 73.1 Å². The third-order valence-electron chi connectivity index (χ3n) is 1.55. The van der Waals surface area contributed by atoms with Crippen LogP contribution < -0.4 is 5.32 Å². The second kappa shape index (κ2) is 4.75. The fraction of sp³-hybridized carbons (Fsp3) is 0.111. The van der Waals surface area contributed by atoms with Crippen LogP contribution in [0.3, 0.4) is 0 Å². The Labute approximate surface area is 93.5 Å². The van der Waals surface area contributed by atoms with Gasteiger partial charge in [0.2, 0.25) is 5.91 Å². The summed E-state index contributed by atoms with van der Waals surface area (Å²) in [6.45, 7) is 0. The van der Waals surface area contributed by atoms with Crippen LogP contribution in [0, 0.1) is 17.1 Å². The number of carbonyl (C=O) groups excluding carboxylic acids is 1. The van der Waals surface area contributed by atoms with Gasteiger partial charge < -0.3 is 10.4 Å². The first-order chi connectivity index (χ1) is 7.04. The minimum Gasteiger partial charge on any atom is -0.507 e. The molecule has 0 unspecified atom stereocenters. The van der Waals surface area contributed by atoms with Gasteiger partial charge in [-0.05, 0) is 22.0 Å². The quantitative estimate of drug-likeness (QED) is 0.867. The molecule has 0 bridgehead atoms. The summed E-state index contributed by atoms with van der Waals surface area (Å²) in [5.41, 5.74) is -0.157. The van der Waals surface area contributed by atoms with Crippen molar-refractivity contribution in [2.45, 2.75) is 6.42 Å². The second-order valence-corrected chi connectivity index (χ2v) is 3.52. The van der Waals surface area contributed by atoms with Gasteiger partial charge in [0.15, 0.2) is 0 Å². The van der Waals surface area contributed by atoms with E-state index in [-0.39, 0.29) is 22.3 Å². The molecule has 1 aromatic rings. The summed E-state index contributed by atoms with van der Waals surface area (Å²) in [7, 11) is 0. The van der Waals surface area contributed by atoms with Crippen LogP contribution in [0.25, 0.3) is 0 Å².